The van der Waals surface area contributed by atoms with E-state index in [1.54, 1.807) is 12.3 Å². The molecule has 0 aliphatic carbocycles. The van der Waals surface area contributed by atoms with Gasteiger partial charge >= 0.3 is 0 Å². The summed E-state index contributed by atoms with van der Waals surface area (Å²) >= 11 is 6.15. The van der Waals surface area contributed by atoms with E-state index in [-0.39, 0.29) is 11.9 Å². The molecule has 0 amide bonds. The van der Waals surface area contributed by atoms with Gasteiger partial charge in [0.05, 0.1) is 0 Å². The van der Waals surface area contributed by atoms with Crippen LogP contribution in [0.2, 0.25) is 5.02 Å². The number of hydrogen-bond acceptors (Lipinski definition) is 2. The first kappa shape index (κ1) is 15.9. The van der Waals surface area contributed by atoms with Gasteiger partial charge in [-0.1, -0.05) is 24.6 Å². The molecule has 4 heteroatoms. The van der Waals surface area contributed by atoms with Gasteiger partial charge in [0.1, 0.15) is 5.82 Å². The Labute approximate surface area is 130 Å². The predicted octanol–water partition coefficient (Wildman–Crippen LogP) is 4.47. The van der Waals surface area contributed by atoms with Crippen molar-refractivity contribution in [3.05, 3.63) is 64.2 Å². The summed E-state index contributed by atoms with van der Waals surface area (Å²) in [6.45, 7) is 5.11. The largest absolute Gasteiger partial charge is 0.310 e. The smallest absolute Gasteiger partial charge is 0.124 e. The lowest BCUT2D eigenvalue weighted by molar-refractivity contribution is 0.526. The molecule has 1 aromatic heterocycles. The monoisotopic (exact) mass is 306 g/mol. The van der Waals surface area contributed by atoms with Gasteiger partial charge in [0.2, 0.25) is 0 Å². The Balaban J connectivity index is 2.26. The molecule has 0 bridgehead atoms. The van der Waals surface area contributed by atoms with E-state index in [2.05, 4.69) is 24.1 Å². The highest BCUT2D eigenvalue weighted by Crippen LogP contribution is 2.25. The van der Waals surface area contributed by atoms with Gasteiger partial charge in [0, 0.05) is 23.5 Å². The van der Waals surface area contributed by atoms with Crippen molar-refractivity contribution >= 4 is 11.6 Å². The average molecular weight is 307 g/mol. The summed E-state index contributed by atoms with van der Waals surface area (Å²) in [5, 5.41) is 4.01. The van der Waals surface area contributed by atoms with E-state index in [1.807, 2.05) is 12.3 Å². The zero-order chi connectivity index (χ0) is 15.2. The molecule has 0 saturated heterocycles. The molecule has 1 N–H and O–H groups in total. The molecule has 0 saturated carbocycles. The first-order chi connectivity index (χ1) is 10.1. The maximum absolute atomic E-state index is 13.2. The van der Waals surface area contributed by atoms with E-state index in [1.165, 1.54) is 17.7 Å². The molecule has 2 nitrogen and oxygen atoms in total. The summed E-state index contributed by atoms with van der Waals surface area (Å²) in [5.41, 5.74) is 3.30. The van der Waals surface area contributed by atoms with Crippen molar-refractivity contribution in [3.8, 4) is 0 Å². The van der Waals surface area contributed by atoms with Gasteiger partial charge in [-0.05, 0) is 61.2 Å². The number of benzene rings is 1. The molecule has 1 heterocycles. The molecule has 1 atom stereocenters. The van der Waals surface area contributed by atoms with Crippen molar-refractivity contribution in [1.82, 2.24) is 10.3 Å². The predicted molar refractivity (Wildman–Crippen MR) is 85.1 cm³/mol. The van der Waals surface area contributed by atoms with E-state index in [4.69, 9.17) is 11.6 Å². The maximum atomic E-state index is 13.2. The van der Waals surface area contributed by atoms with Crippen LogP contribution in [0.1, 0.15) is 36.1 Å². The Bertz CT molecular complexity index is 601. The maximum Gasteiger partial charge on any atom is 0.124 e. The number of aromatic nitrogens is 1. The van der Waals surface area contributed by atoms with Gasteiger partial charge in [-0.3, -0.25) is 4.98 Å². The number of aryl methyl sites for hydroxylation is 1. The lowest BCUT2D eigenvalue weighted by Gasteiger charge is -2.21. The second-order valence-corrected chi connectivity index (χ2v) is 5.59. The molecule has 1 aromatic carbocycles. The van der Waals surface area contributed by atoms with Gasteiger partial charge in [0.15, 0.2) is 0 Å². The molecule has 0 fully saturated rings. The quantitative estimate of drug-likeness (QED) is 0.852. The van der Waals surface area contributed by atoms with Crippen LogP contribution in [-0.2, 0) is 6.42 Å². The molecule has 112 valence electrons. The van der Waals surface area contributed by atoms with Crippen molar-refractivity contribution in [2.45, 2.75) is 32.7 Å². The Morgan fingerprint density at radius 3 is 2.81 bits per heavy atom. The average Bonchev–Trinajstić information content (AvgIpc) is 2.46. The molecular weight excluding hydrogens is 287 g/mol. The zero-order valence-corrected chi connectivity index (χ0v) is 13.1. The van der Waals surface area contributed by atoms with Gasteiger partial charge in [0.25, 0.3) is 0 Å². The second kappa shape index (κ2) is 7.53. The second-order valence-electron chi connectivity index (χ2n) is 5.18. The number of rotatable bonds is 6. The first-order valence-electron chi connectivity index (χ1n) is 7.19. The normalized spacial score (nSPS) is 12.4. The van der Waals surface area contributed by atoms with Gasteiger partial charge in [-0.2, -0.15) is 0 Å². The lowest BCUT2D eigenvalue weighted by Crippen LogP contribution is -2.25. The minimum absolute atomic E-state index is 0.149. The summed E-state index contributed by atoms with van der Waals surface area (Å²) < 4.78 is 13.2. The zero-order valence-electron chi connectivity index (χ0n) is 12.4. The number of nitrogens with one attached hydrogen (secondary N) is 1. The van der Waals surface area contributed by atoms with Crippen molar-refractivity contribution in [1.29, 1.82) is 0 Å². The third-order valence-electron chi connectivity index (χ3n) is 3.52. The number of pyridine rings is 1. The molecule has 0 aliphatic rings. The number of nitrogens with zero attached hydrogens (tertiary/aromatic N) is 1. The van der Waals surface area contributed by atoms with Crippen LogP contribution in [0.25, 0.3) is 0 Å². The van der Waals surface area contributed by atoms with Crippen LogP contribution in [0.3, 0.4) is 0 Å². The van der Waals surface area contributed by atoms with E-state index < -0.39 is 0 Å². The van der Waals surface area contributed by atoms with Crippen LogP contribution < -0.4 is 5.32 Å². The highest BCUT2D eigenvalue weighted by atomic mass is 35.5. The lowest BCUT2D eigenvalue weighted by atomic mass is 9.96. The topological polar surface area (TPSA) is 24.9 Å². The molecule has 0 spiro atoms. The SMILES string of the molecule is CCCNC(Cc1ccc(F)cc1Cl)c1ccncc1C. The third-order valence-corrected chi connectivity index (χ3v) is 3.87. The summed E-state index contributed by atoms with van der Waals surface area (Å²) in [7, 11) is 0. The molecule has 1 unspecified atom stereocenters. The van der Waals surface area contributed by atoms with Gasteiger partial charge in [-0.25, -0.2) is 4.39 Å². The summed E-state index contributed by atoms with van der Waals surface area (Å²) in [6.07, 6.45) is 5.44. The van der Waals surface area contributed by atoms with E-state index >= 15 is 0 Å². The Hall–Kier alpha value is -1.45. The van der Waals surface area contributed by atoms with Crippen LogP contribution in [0.15, 0.2) is 36.7 Å². The van der Waals surface area contributed by atoms with Crippen molar-refractivity contribution in [3.63, 3.8) is 0 Å². The van der Waals surface area contributed by atoms with Crippen molar-refractivity contribution in [2.75, 3.05) is 6.54 Å². The highest BCUT2D eigenvalue weighted by Gasteiger charge is 2.15. The van der Waals surface area contributed by atoms with Gasteiger partial charge < -0.3 is 5.32 Å². The van der Waals surface area contributed by atoms with Crippen molar-refractivity contribution < 1.29 is 4.39 Å². The third kappa shape index (κ3) is 4.26. The van der Waals surface area contributed by atoms with Crippen molar-refractivity contribution in [2.24, 2.45) is 0 Å². The molecule has 0 radical (unpaired) electrons. The Kier molecular flexibility index (Phi) is 5.71. The van der Waals surface area contributed by atoms with Crippen LogP contribution in [0.4, 0.5) is 4.39 Å². The molecule has 2 rings (SSSR count). The van der Waals surface area contributed by atoms with Crippen LogP contribution in [-0.4, -0.2) is 11.5 Å². The fourth-order valence-corrected chi connectivity index (χ4v) is 2.64. The summed E-state index contributed by atoms with van der Waals surface area (Å²) in [5.74, 6) is -0.304. The van der Waals surface area contributed by atoms with Crippen LogP contribution in [0.5, 0.6) is 0 Å². The Morgan fingerprint density at radius 1 is 1.33 bits per heavy atom. The minimum Gasteiger partial charge on any atom is -0.310 e. The number of halogens is 2. The van der Waals surface area contributed by atoms with Crippen LogP contribution in [0, 0.1) is 12.7 Å². The highest BCUT2D eigenvalue weighted by molar-refractivity contribution is 6.31. The fourth-order valence-electron chi connectivity index (χ4n) is 2.39. The van der Waals surface area contributed by atoms with E-state index in [9.17, 15) is 4.39 Å². The standard InChI is InChI=1S/C17H20ClFN2/c1-3-7-21-17(15-6-8-20-11-12(15)2)9-13-4-5-14(19)10-16(13)18/h4-6,8,10-11,17,21H,3,7,9H2,1-2H3. The van der Waals surface area contributed by atoms with Crippen LogP contribution >= 0.6 is 11.6 Å². The molecule has 21 heavy (non-hydrogen) atoms. The molecular formula is C17H20ClFN2. The van der Waals surface area contributed by atoms with E-state index in [0.29, 0.717) is 5.02 Å². The van der Waals surface area contributed by atoms with E-state index in [0.717, 1.165) is 30.5 Å². The number of hydrogen-bond donors (Lipinski definition) is 1. The van der Waals surface area contributed by atoms with Gasteiger partial charge in [-0.15, -0.1) is 0 Å². The first-order valence-corrected chi connectivity index (χ1v) is 7.57. The summed E-state index contributed by atoms with van der Waals surface area (Å²) in [4.78, 5) is 4.14. The minimum atomic E-state index is -0.304. The Morgan fingerprint density at radius 2 is 2.14 bits per heavy atom. The molecule has 2 aromatic rings. The molecule has 0 aliphatic heterocycles. The fraction of sp³-hybridized carbons (Fsp3) is 0.353. The summed E-state index contributed by atoms with van der Waals surface area (Å²) in [6, 6.07) is 6.76.